The van der Waals surface area contributed by atoms with E-state index >= 15 is 0 Å². The Morgan fingerprint density at radius 3 is 2.60 bits per heavy atom. The summed E-state index contributed by atoms with van der Waals surface area (Å²) in [5, 5.41) is 2.70. The number of sulfonamides is 1. The van der Waals surface area contributed by atoms with E-state index in [2.05, 4.69) is 10.0 Å². The van der Waals surface area contributed by atoms with E-state index in [1.54, 1.807) is 30.3 Å². The van der Waals surface area contributed by atoms with Crippen molar-refractivity contribution in [2.24, 2.45) is 0 Å². The Morgan fingerprint density at radius 1 is 1.12 bits per heavy atom. The maximum absolute atomic E-state index is 12.2. The highest BCUT2D eigenvalue weighted by Gasteiger charge is 2.22. The van der Waals surface area contributed by atoms with E-state index < -0.39 is 22.0 Å². The standard InChI is InChI=1S/C17H18N2O5S/c1-12(19-25(21,22)14-5-3-2-4-6-14)17(20)18-10-13-7-8-15-16(9-13)24-11-23-15/h2-9,12,19H,10-11H2,1H3,(H,18,20). The topological polar surface area (TPSA) is 93.7 Å². The molecule has 1 aliphatic heterocycles. The molecule has 0 saturated carbocycles. The Labute approximate surface area is 146 Å². The van der Waals surface area contributed by atoms with Gasteiger partial charge in [0.15, 0.2) is 11.5 Å². The minimum atomic E-state index is -3.74. The van der Waals surface area contributed by atoms with Crippen LogP contribution in [-0.4, -0.2) is 27.2 Å². The third-order valence-corrected chi connectivity index (χ3v) is 5.24. The number of ether oxygens (including phenoxy) is 2. The highest BCUT2D eigenvalue weighted by molar-refractivity contribution is 7.89. The van der Waals surface area contributed by atoms with Gasteiger partial charge in [-0.25, -0.2) is 8.42 Å². The van der Waals surface area contributed by atoms with Crippen molar-refractivity contribution in [1.82, 2.24) is 10.0 Å². The van der Waals surface area contributed by atoms with E-state index in [-0.39, 0.29) is 18.2 Å². The molecule has 2 aromatic carbocycles. The third-order valence-electron chi connectivity index (χ3n) is 3.68. The van der Waals surface area contributed by atoms with E-state index in [9.17, 15) is 13.2 Å². The van der Waals surface area contributed by atoms with Gasteiger partial charge >= 0.3 is 0 Å². The lowest BCUT2D eigenvalue weighted by Crippen LogP contribution is -2.44. The van der Waals surface area contributed by atoms with Crippen LogP contribution in [0.3, 0.4) is 0 Å². The van der Waals surface area contributed by atoms with Gasteiger partial charge in [0.2, 0.25) is 22.7 Å². The van der Waals surface area contributed by atoms with Crippen LogP contribution >= 0.6 is 0 Å². The molecule has 1 heterocycles. The average molecular weight is 362 g/mol. The molecular formula is C17H18N2O5S. The van der Waals surface area contributed by atoms with Crippen LogP contribution in [0, 0.1) is 0 Å². The zero-order valence-electron chi connectivity index (χ0n) is 13.6. The lowest BCUT2D eigenvalue weighted by molar-refractivity contribution is -0.122. The van der Waals surface area contributed by atoms with Crippen LogP contribution in [0.1, 0.15) is 12.5 Å². The minimum Gasteiger partial charge on any atom is -0.454 e. The molecule has 132 valence electrons. The van der Waals surface area contributed by atoms with E-state index in [0.717, 1.165) is 5.56 Å². The van der Waals surface area contributed by atoms with Crippen molar-refractivity contribution < 1.29 is 22.7 Å². The fourth-order valence-corrected chi connectivity index (χ4v) is 3.57. The van der Waals surface area contributed by atoms with Crippen molar-refractivity contribution in [3.63, 3.8) is 0 Å². The van der Waals surface area contributed by atoms with Gasteiger partial charge in [-0.3, -0.25) is 4.79 Å². The van der Waals surface area contributed by atoms with Gasteiger partial charge in [-0.15, -0.1) is 0 Å². The Balaban J connectivity index is 1.58. The molecule has 0 aliphatic carbocycles. The number of hydrogen-bond donors (Lipinski definition) is 2. The van der Waals surface area contributed by atoms with Crippen molar-refractivity contribution in [3.05, 3.63) is 54.1 Å². The summed E-state index contributed by atoms with van der Waals surface area (Å²) in [6.07, 6.45) is 0. The predicted octanol–water partition coefficient (Wildman–Crippen LogP) is 1.40. The maximum Gasteiger partial charge on any atom is 0.241 e. The largest absolute Gasteiger partial charge is 0.454 e. The van der Waals surface area contributed by atoms with Crippen LogP contribution in [0.2, 0.25) is 0 Å². The van der Waals surface area contributed by atoms with Crippen LogP contribution in [0.4, 0.5) is 0 Å². The lowest BCUT2D eigenvalue weighted by atomic mass is 10.2. The molecule has 7 nitrogen and oxygen atoms in total. The zero-order chi connectivity index (χ0) is 17.9. The Bertz CT molecular complexity index is 868. The quantitative estimate of drug-likeness (QED) is 0.810. The highest BCUT2D eigenvalue weighted by atomic mass is 32.2. The van der Waals surface area contributed by atoms with Gasteiger partial charge in [0.1, 0.15) is 0 Å². The molecule has 0 saturated heterocycles. The maximum atomic E-state index is 12.2. The number of amides is 1. The first-order valence-electron chi connectivity index (χ1n) is 7.69. The van der Waals surface area contributed by atoms with Crippen LogP contribution in [0.25, 0.3) is 0 Å². The fraction of sp³-hybridized carbons (Fsp3) is 0.235. The smallest absolute Gasteiger partial charge is 0.241 e. The Morgan fingerprint density at radius 2 is 1.84 bits per heavy atom. The van der Waals surface area contributed by atoms with Gasteiger partial charge in [-0.1, -0.05) is 24.3 Å². The summed E-state index contributed by atoms with van der Waals surface area (Å²) < 4.78 is 37.3. The Kier molecular flexibility index (Phi) is 4.91. The summed E-state index contributed by atoms with van der Waals surface area (Å²) in [7, 11) is -3.74. The third kappa shape index (κ3) is 4.09. The first-order valence-corrected chi connectivity index (χ1v) is 9.17. The molecule has 0 bridgehead atoms. The predicted molar refractivity (Wildman–Crippen MR) is 90.6 cm³/mol. The number of carbonyl (C=O) groups is 1. The molecular weight excluding hydrogens is 344 g/mol. The number of hydrogen-bond acceptors (Lipinski definition) is 5. The summed E-state index contributed by atoms with van der Waals surface area (Å²) >= 11 is 0. The van der Waals surface area contributed by atoms with Crippen molar-refractivity contribution >= 4 is 15.9 Å². The Hall–Kier alpha value is -2.58. The molecule has 1 amide bonds. The van der Waals surface area contributed by atoms with Gasteiger partial charge in [-0.05, 0) is 36.8 Å². The second-order valence-electron chi connectivity index (χ2n) is 5.56. The van der Waals surface area contributed by atoms with Crippen molar-refractivity contribution in [3.8, 4) is 11.5 Å². The zero-order valence-corrected chi connectivity index (χ0v) is 14.4. The van der Waals surface area contributed by atoms with Gasteiger partial charge < -0.3 is 14.8 Å². The number of rotatable bonds is 6. The van der Waals surface area contributed by atoms with Gasteiger partial charge in [0.05, 0.1) is 10.9 Å². The number of carbonyl (C=O) groups excluding carboxylic acids is 1. The molecule has 0 aromatic heterocycles. The van der Waals surface area contributed by atoms with Crippen molar-refractivity contribution in [2.75, 3.05) is 6.79 Å². The van der Waals surface area contributed by atoms with Gasteiger partial charge in [-0.2, -0.15) is 4.72 Å². The molecule has 0 radical (unpaired) electrons. The van der Waals surface area contributed by atoms with Crippen molar-refractivity contribution in [1.29, 1.82) is 0 Å². The molecule has 1 unspecified atom stereocenters. The van der Waals surface area contributed by atoms with Gasteiger partial charge in [0, 0.05) is 6.54 Å². The summed E-state index contributed by atoms with van der Waals surface area (Å²) in [6, 6.07) is 12.4. The van der Waals surface area contributed by atoms with Crippen LogP contribution < -0.4 is 19.5 Å². The highest BCUT2D eigenvalue weighted by Crippen LogP contribution is 2.32. The molecule has 0 spiro atoms. The van der Waals surface area contributed by atoms with E-state index in [1.165, 1.54) is 19.1 Å². The first kappa shape index (κ1) is 17.2. The minimum absolute atomic E-state index is 0.116. The molecule has 1 atom stereocenters. The second kappa shape index (κ2) is 7.12. The summed E-state index contributed by atoms with van der Waals surface area (Å²) in [6.45, 7) is 1.94. The van der Waals surface area contributed by atoms with E-state index in [0.29, 0.717) is 11.5 Å². The molecule has 25 heavy (non-hydrogen) atoms. The fourth-order valence-electron chi connectivity index (χ4n) is 2.35. The first-order chi connectivity index (χ1) is 12.0. The molecule has 1 aliphatic rings. The molecule has 2 aromatic rings. The summed E-state index contributed by atoms with van der Waals surface area (Å²) in [5.74, 6) is 0.876. The van der Waals surface area contributed by atoms with E-state index in [4.69, 9.17) is 9.47 Å². The van der Waals surface area contributed by atoms with Crippen LogP contribution in [-0.2, 0) is 21.4 Å². The SMILES string of the molecule is CC(NS(=O)(=O)c1ccccc1)C(=O)NCc1ccc2c(c1)OCO2. The molecule has 0 fully saturated rings. The van der Waals surface area contributed by atoms with Crippen molar-refractivity contribution in [2.45, 2.75) is 24.4 Å². The number of benzene rings is 2. The number of nitrogens with one attached hydrogen (secondary N) is 2. The lowest BCUT2D eigenvalue weighted by Gasteiger charge is -2.14. The summed E-state index contributed by atoms with van der Waals surface area (Å²) in [4.78, 5) is 12.3. The molecule has 2 N–H and O–H groups in total. The van der Waals surface area contributed by atoms with Gasteiger partial charge in [0.25, 0.3) is 0 Å². The van der Waals surface area contributed by atoms with E-state index in [1.807, 2.05) is 6.07 Å². The van der Waals surface area contributed by atoms with Crippen LogP contribution in [0.15, 0.2) is 53.4 Å². The molecule has 8 heteroatoms. The number of fused-ring (bicyclic) bond motifs is 1. The molecule has 3 rings (SSSR count). The second-order valence-corrected chi connectivity index (χ2v) is 7.28. The monoisotopic (exact) mass is 362 g/mol. The normalized spacial score (nSPS) is 14.1. The average Bonchev–Trinajstić information content (AvgIpc) is 3.07. The van der Waals surface area contributed by atoms with Crippen LogP contribution in [0.5, 0.6) is 11.5 Å². The summed E-state index contributed by atoms with van der Waals surface area (Å²) in [5.41, 5.74) is 0.829.